The first-order valence-corrected chi connectivity index (χ1v) is 7.79. The normalized spacial score (nSPS) is 18.5. The number of anilines is 1. The molecule has 0 radical (unpaired) electrons. The Morgan fingerprint density at radius 1 is 1.25 bits per heavy atom. The van der Waals surface area contributed by atoms with Crippen molar-refractivity contribution in [3.63, 3.8) is 0 Å². The van der Waals surface area contributed by atoms with Crippen LogP contribution < -0.4 is 20.6 Å². The molecule has 0 aliphatic carbocycles. The van der Waals surface area contributed by atoms with Crippen molar-refractivity contribution in [3.8, 4) is 11.5 Å². The van der Waals surface area contributed by atoms with E-state index in [1.807, 2.05) is 25.1 Å². The molecular formula is C17H14ClN3O3. The van der Waals surface area contributed by atoms with Crippen LogP contribution in [0.1, 0.15) is 29.5 Å². The number of nitrogens with zero attached hydrogens (tertiary/aromatic N) is 1. The molecule has 2 aliphatic heterocycles. The first-order chi connectivity index (χ1) is 11.5. The minimum atomic E-state index is -0.375. The number of nitrogens with one attached hydrogen (secondary N) is 1. The fourth-order valence-corrected chi connectivity index (χ4v) is 3.01. The minimum Gasteiger partial charge on any atom is -0.454 e. The van der Waals surface area contributed by atoms with E-state index in [0.29, 0.717) is 27.9 Å². The van der Waals surface area contributed by atoms with Gasteiger partial charge in [0.05, 0.1) is 22.3 Å². The average molecular weight is 344 g/mol. The molecule has 0 spiro atoms. The maximum Gasteiger partial charge on any atom is 0.247 e. The lowest BCUT2D eigenvalue weighted by Crippen LogP contribution is -2.22. The molecule has 0 bridgehead atoms. The summed E-state index contributed by atoms with van der Waals surface area (Å²) in [6.07, 6.45) is 0. The molecule has 24 heavy (non-hydrogen) atoms. The predicted molar refractivity (Wildman–Crippen MR) is 90.6 cm³/mol. The average Bonchev–Trinajstić information content (AvgIpc) is 2.99. The van der Waals surface area contributed by atoms with E-state index in [1.54, 1.807) is 12.1 Å². The monoisotopic (exact) mass is 343 g/mol. The third-order valence-corrected chi connectivity index (χ3v) is 4.54. The summed E-state index contributed by atoms with van der Waals surface area (Å²) in [4.78, 5) is 12.2. The van der Waals surface area contributed by atoms with Crippen molar-refractivity contribution in [1.82, 2.24) is 5.43 Å². The Kier molecular flexibility index (Phi) is 3.35. The molecule has 1 unspecified atom stereocenters. The van der Waals surface area contributed by atoms with Crippen LogP contribution in [0, 0.1) is 0 Å². The van der Waals surface area contributed by atoms with Gasteiger partial charge in [-0.3, -0.25) is 4.79 Å². The first kappa shape index (κ1) is 14.8. The number of benzene rings is 2. The third kappa shape index (κ3) is 2.27. The molecule has 2 heterocycles. The van der Waals surface area contributed by atoms with Gasteiger partial charge in [0.1, 0.15) is 0 Å². The largest absolute Gasteiger partial charge is 0.454 e. The molecule has 0 saturated carbocycles. The molecular weight excluding hydrogens is 330 g/mol. The van der Waals surface area contributed by atoms with E-state index in [1.165, 1.54) is 0 Å². The van der Waals surface area contributed by atoms with E-state index in [2.05, 4.69) is 10.5 Å². The van der Waals surface area contributed by atoms with E-state index in [9.17, 15) is 4.79 Å². The van der Waals surface area contributed by atoms with Gasteiger partial charge in [0.15, 0.2) is 11.5 Å². The number of ether oxygens (including phenoxy) is 2. The molecule has 0 saturated heterocycles. The first-order valence-electron chi connectivity index (χ1n) is 7.41. The number of nitrogens with two attached hydrogens (primary N) is 1. The highest BCUT2D eigenvalue weighted by atomic mass is 35.5. The van der Waals surface area contributed by atoms with Crippen LogP contribution in [0.4, 0.5) is 5.69 Å². The summed E-state index contributed by atoms with van der Waals surface area (Å²) in [6, 6.07) is 8.94. The van der Waals surface area contributed by atoms with E-state index >= 15 is 0 Å². The van der Waals surface area contributed by atoms with Crippen LogP contribution in [-0.2, 0) is 4.79 Å². The molecule has 4 rings (SSSR count). The van der Waals surface area contributed by atoms with Gasteiger partial charge in [-0.2, -0.15) is 5.10 Å². The topological polar surface area (TPSA) is 85.9 Å². The van der Waals surface area contributed by atoms with Crippen LogP contribution in [0.15, 0.2) is 35.4 Å². The summed E-state index contributed by atoms with van der Waals surface area (Å²) in [6.45, 7) is 1.99. The Bertz CT molecular complexity index is 895. The van der Waals surface area contributed by atoms with E-state index in [-0.39, 0.29) is 18.6 Å². The number of nitrogen functional groups attached to an aromatic ring is 1. The number of hydrogen-bond acceptors (Lipinski definition) is 5. The Balaban J connectivity index is 1.93. The quantitative estimate of drug-likeness (QED) is 0.779. The van der Waals surface area contributed by atoms with Crippen molar-refractivity contribution >= 4 is 28.9 Å². The minimum absolute atomic E-state index is 0.166. The highest BCUT2D eigenvalue weighted by molar-refractivity contribution is 6.33. The summed E-state index contributed by atoms with van der Waals surface area (Å²) in [7, 11) is 0. The summed E-state index contributed by atoms with van der Waals surface area (Å²) in [5.74, 6) is 0.696. The van der Waals surface area contributed by atoms with E-state index < -0.39 is 0 Å². The van der Waals surface area contributed by atoms with Crippen molar-refractivity contribution < 1.29 is 14.3 Å². The molecule has 2 aromatic carbocycles. The number of fused-ring (bicyclic) bond motifs is 2. The Labute approximate surface area is 143 Å². The van der Waals surface area contributed by atoms with Crippen LogP contribution in [0.2, 0.25) is 5.02 Å². The molecule has 1 amide bonds. The van der Waals surface area contributed by atoms with Gasteiger partial charge in [-0.15, -0.1) is 0 Å². The van der Waals surface area contributed by atoms with Gasteiger partial charge in [-0.05, 0) is 36.8 Å². The zero-order valence-corrected chi connectivity index (χ0v) is 13.6. The fraction of sp³-hybridized carbons (Fsp3) is 0.176. The second-order valence-corrected chi connectivity index (χ2v) is 6.09. The molecule has 0 fully saturated rings. The third-order valence-electron chi connectivity index (χ3n) is 4.21. The van der Waals surface area contributed by atoms with Gasteiger partial charge < -0.3 is 15.2 Å². The Morgan fingerprint density at radius 3 is 2.75 bits per heavy atom. The van der Waals surface area contributed by atoms with Crippen molar-refractivity contribution in [2.75, 3.05) is 12.5 Å². The van der Waals surface area contributed by atoms with Gasteiger partial charge >= 0.3 is 0 Å². The van der Waals surface area contributed by atoms with E-state index in [0.717, 1.165) is 16.7 Å². The highest BCUT2D eigenvalue weighted by Crippen LogP contribution is 2.39. The lowest BCUT2D eigenvalue weighted by molar-refractivity contribution is -0.122. The second-order valence-electron chi connectivity index (χ2n) is 5.69. The molecule has 3 N–H and O–H groups in total. The molecule has 1 atom stereocenters. The van der Waals surface area contributed by atoms with Gasteiger partial charge in [-0.1, -0.05) is 17.7 Å². The Hall–Kier alpha value is -2.73. The van der Waals surface area contributed by atoms with Crippen LogP contribution >= 0.6 is 11.6 Å². The molecule has 2 aliphatic rings. The molecule has 7 heteroatoms. The second kappa shape index (κ2) is 5.42. The van der Waals surface area contributed by atoms with Crippen molar-refractivity contribution in [1.29, 1.82) is 0 Å². The van der Waals surface area contributed by atoms with Gasteiger partial charge in [-0.25, -0.2) is 5.43 Å². The van der Waals surface area contributed by atoms with Crippen molar-refractivity contribution in [2.24, 2.45) is 5.10 Å². The molecule has 122 valence electrons. The number of hydrazone groups is 1. The zero-order chi connectivity index (χ0) is 16.8. The standard InChI is InChI=1S/C17H14ClN3O3/c1-8-10-5-14-15(24-7-23-14)6-11(10)16(20-21-17(8)22)9-2-3-13(19)12(18)4-9/h2-6,8H,7,19H2,1H3,(H,21,22). The maximum absolute atomic E-state index is 12.2. The lowest BCUT2D eigenvalue weighted by atomic mass is 9.90. The number of amides is 1. The predicted octanol–water partition coefficient (Wildman–Crippen LogP) is 2.64. The lowest BCUT2D eigenvalue weighted by Gasteiger charge is -2.14. The van der Waals surface area contributed by atoms with Crippen molar-refractivity contribution in [2.45, 2.75) is 12.8 Å². The van der Waals surface area contributed by atoms with E-state index in [4.69, 9.17) is 26.8 Å². The zero-order valence-electron chi connectivity index (χ0n) is 12.8. The Morgan fingerprint density at radius 2 is 2.00 bits per heavy atom. The summed E-state index contributed by atoms with van der Waals surface area (Å²) >= 11 is 6.14. The SMILES string of the molecule is CC1C(=O)NN=C(c2ccc(N)c(Cl)c2)c2cc3c(cc21)OCO3. The maximum atomic E-state index is 12.2. The van der Waals surface area contributed by atoms with Crippen LogP contribution in [-0.4, -0.2) is 18.4 Å². The number of hydrogen-bond donors (Lipinski definition) is 2. The van der Waals surface area contributed by atoms with Gasteiger partial charge in [0.2, 0.25) is 12.7 Å². The summed E-state index contributed by atoms with van der Waals surface area (Å²) in [5, 5.41) is 4.72. The van der Waals surface area contributed by atoms with Crippen LogP contribution in [0.3, 0.4) is 0 Å². The number of carbonyl (C=O) groups is 1. The fourth-order valence-electron chi connectivity index (χ4n) is 2.82. The van der Waals surface area contributed by atoms with Gasteiger partial charge in [0.25, 0.3) is 0 Å². The summed E-state index contributed by atoms with van der Waals surface area (Å²) in [5.41, 5.74) is 11.8. The van der Waals surface area contributed by atoms with Crippen LogP contribution in [0.25, 0.3) is 0 Å². The molecule has 6 nitrogen and oxygen atoms in total. The number of carbonyl (C=O) groups excluding carboxylic acids is 1. The van der Waals surface area contributed by atoms with Crippen molar-refractivity contribution in [3.05, 3.63) is 52.0 Å². The number of halogens is 1. The number of rotatable bonds is 1. The molecule has 2 aromatic rings. The highest BCUT2D eigenvalue weighted by Gasteiger charge is 2.29. The van der Waals surface area contributed by atoms with Gasteiger partial charge in [0, 0.05) is 11.1 Å². The van der Waals surface area contributed by atoms with Crippen LogP contribution in [0.5, 0.6) is 11.5 Å². The molecule has 0 aromatic heterocycles. The summed E-state index contributed by atoms with van der Waals surface area (Å²) < 4.78 is 10.9. The smallest absolute Gasteiger partial charge is 0.247 e.